The average molecular weight is 425 g/mol. The summed E-state index contributed by atoms with van der Waals surface area (Å²) in [6, 6.07) is 6.11. The molecule has 1 N–H and O–H groups in total. The number of nitrogens with zero attached hydrogens (tertiary/aromatic N) is 2. The van der Waals surface area contributed by atoms with Gasteiger partial charge in [-0.2, -0.15) is 18.3 Å². The predicted octanol–water partition coefficient (Wildman–Crippen LogP) is 4.40. The molecule has 1 aromatic carbocycles. The monoisotopic (exact) mass is 425 g/mol. The highest BCUT2D eigenvalue weighted by Gasteiger charge is 2.37. The van der Waals surface area contributed by atoms with Gasteiger partial charge < -0.3 is 14.8 Å². The van der Waals surface area contributed by atoms with Crippen molar-refractivity contribution < 1.29 is 27.4 Å². The zero-order chi connectivity index (χ0) is 21.7. The second kappa shape index (κ2) is 9.40. The van der Waals surface area contributed by atoms with Gasteiger partial charge in [0.15, 0.2) is 17.2 Å². The van der Waals surface area contributed by atoms with Crippen LogP contribution in [0.1, 0.15) is 60.8 Å². The molecule has 1 aliphatic rings. The second-order valence-corrected chi connectivity index (χ2v) is 7.09. The van der Waals surface area contributed by atoms with E-state index in [1.165, 1.54) is 4.68 Å². The number of amides is 1. The first-order valence-corrected chi connectivity index (χ1v) is 10.2. The predicted molar refractivity (Wildman–Crippen MR) is 105 cm³/mol. The second-order valence-electron chi connectivity index (χ2n) is 7.09. The maximum atomic E-state index is 13.0. The Hall–Kier alpha value is -2.71. The van der Waals surface area contributed by atoms with Gasteiger partial charge in [-0.1, -0.05) is 0 Å². The highest BCUT2D eigenvalue weighted by Crippen LogP contribution is 2.42. The largest absolute Gasteiger partial charge is 0.490 e. The molecular weight excluding hydrogens is 399 g/mol. The summed E-state index contributed by atoms with van der Waals surface area (Å²) in [5, 5.41) is 6.52. The number of hydrogen-bond donors (Lipinski definition) is 1. The molecule has 1 aliphatic carbocycles. The molecule has 1 aromatic heterocycles. The van der Waals surface area contributed by atoms with Crippen molar-refractivity contribution in [2.45, 2.75) is 51.7 Å². The van der Waals surface area contributed by atoms with E-state index in [1.807, 2.05) is 13.8 Å². The van der Waals surface area contributed by atoms with E-state index in [0.29, 0.717) is 55.5 Å². The van der Waals surface area contributed by atoms with E-state index in [4.69, 9.17) is 9.47 Å². The topological polar surface area (TPSA) is 65.4 Å². The maximum absolute atomic E-state index is 13.0. The van der Waals surface area contributed by atoms with E-state index in [9.17, 15) is 18.0 Å². The molecule has 1 fully saturated rings. The third-order valence-corrected chi connectivity index (χ3v) is 4.73. The summed E-state index contributed by atoms with van der Waals surface area (Å²) in [4.78, 5) is 12.4. The third-order valence-electron chi connectivity index (χ3n) is 4.73. The summed E-state index contributed by atoms with van der Waals surface area (Å²) in [7, 11) is 0. The lowest BCUT2D eigenvalue weighted by atomic mass is 10.2. The van der Waals surface area contributed by atoms with Gasteiger partial charge in [0.2, 0.25) is 0 Å². The Bertz CT molecular complexity index is 876. The Morgan fingerprint density at radius 2 is 1.87 bits per heavy atom. The highest BCUT2D eigenvalue weighted by atomic mass is 19.4. The van der Waals surface area contributed by atoms with E-state index in [0.717, 1.165) is 18.9 Å². The van der Waals surface area contributed by atoms with E-state index in [1.54, 1.807) is 18.2 Å². The van der Waals surface area contributed by atoms with Crippen LogP contribution in [-0.2, 0) is 12.7 Å². The van der Waals surface area contributed by atoms with Gasteiger partial charge in [0.1, 0.15) is 0 Å². The quantitative estimate of drug-likeness (QED) is 0.573. The normalized spacial score (nSPS) is 13.9. The molecule has 0 saturated heterocycles. The molecule has 6 nitrogen and oxygen atoms in total. The number of halogens is 3. The molecule has 0 atom stereocenters. The van der Waals surface area contributed by atoms with Crippen LogP contribution in [0.3, 0.4) is 0 Å². The third kappa shape index (κ3) is 5.46. The summed E-state index contributed by atoms with van der Waals surface area (Å²) in [5.74, 6) is 0.946. The van der Waals surface area contributed by atoms with Crippen molar-refractivity contribution in [2.75, 3.05) is 19.8 Å². The Balaban J connectivity index is 1.56. The molecule has 0 spiro atoms. The fourth-order valence-electron chi connectivity index (χ4n) is 3.18. The summed E-state index contributed by atoms with van der Waals surface area (Å²) in [6.45, 7) is 5.27. The number of hydrogen-bond acceptors (Lipinski definition) is 4. The van der Waals surface area contributed by atoms with Crippen LogP contribution in [0.5, 0.6) is 11.5 Å². The first kappa shape index (κ1) is 22.0. The Morgan fingerprint density at radius 1 is 1.17 bits per heavy atom. The molecule has 1 saturated carbocycles. The standard InChI is InChI=1S/C21H26F3N3O3/c1-3-29-17-9-8-15(12-18(17)30-4-2)20(28)25-10-5-11-27-16(14-6-7-14)13-19(26-27)21(22,23)24/h8-9,12-14H,3-7,10-11H2,1-2H3,(H,25,28). The summed E-state index contributed by atoms with van der Waals surface area (Å²) in [5.41, 5.74) is 0.201. The fourth-order valence-corrected chi connectivity index (χ4v) is 3.18. The van der Waals surface area contributed by atoms with Crippen molar-refractivity contribution in [2.24, 2.45) is 0 Å². The summed E-state index contributed by atoms with van der Waals surface area (Å²) < 4.78 is 51.3. The highest BCUT2D eigenvalue weighted by molar-refractivity contribution is 5.94. The number of alkyl halides is 3. The molecule has 0 unspecified atom stereocenters. The number of carbonyl (C=O) groups excluding carboxylic acids is 1. The van der Waals surface area contributed by atoms with Crippen LogP contribution in [-0.4, -0.2) is 35.4 Å². The molecule has 0 radical (unpaired) electrons. The number of nitrogens with one attached hydrogen (secondary N) is 1. The number of ether oxygens (including phenoxy) is 2. The zero-order valence-corrected chi connectivity index (χ0v) is 17.1. The summed E-state index contributed by atoms with van der Waals surface area (Å²) >= 11 is 0. The van der Waals surface area contributed by atoms with E-state index in [2.05, 4.69) is 10.4 Å². The molecule has 1 amide bonds. The van der Waals surface area contributed by atoms with Crippen molar-refractivity contribution in [3.63, 3.8) is 0 Å². The molecule has 164 valence electrons. The summed E-state index contributed by atoms with van der Waals surface area (Å²) in [6.07, 6.45) is -2.20. The van der Waals surface area contributed by atoms with Gasteiger partial charge in [0.05, 0.1) is 13.2 Å². The van der Waals surface area contributed by atoms with Crippen LogP contribution in [0, 0.1) is 0 Å². The van der Waals surface area contributed by atoms with Gasteiger partial charge in [-0.15, -0.1) is 0 Å². The Morgan fingerprint density at radius 3 is 2.50 bits per heavy atom. The first-order chi connectivity index (χ1) is 14.3. The van der Waals surface area contributed by atoms with Crippen LogP contribution < -0.4 is 14.8 Å². The van der Waals surface area contributed by atoms with E-state index >= 15 is 0 Å². The lowest BCUT2D eigenvalue weighted by molar-refractivity contribution is -0.141. The van der Waals surface area contributed by atoms with Crippen molar-refractivity contribution in [1.82, 2.24) is 15.1 Å². The molecule has 0 bridgehead atoms. The minimum absolute atomic E-state index is 0.157. The van der Waals surface area contributed by atoms with Crippen molar-refractivity contribution in [3.8, 4) is 11.5 Å². The van der Waals surface area contributed by atoms with Crippen molar-refractivity contribution in [1.29, 1.82) is 0 Å². The van der Waals surface area contributed by atoms with Gasteiger partial charge in [0.25, 0.3) is 5.91 Å². The van der Waals surface area contributed by atoms with E-state index in [-0.39, 0.29) is 11.8 Å². The smallest absolute Gasteiger partial charge is 0.435 e. The van der Waals surface area contributed by atoms with Crippen molar-refractivity contribution >= 4 is 5.91 Å². The number of aromatic nitrogens is 2. The van der Waals surface area contributed by atoms with Crippen LogP contribution in [0.2, 0.25) is 0 Å². The SMILES string of the molecule is CCOc1ccc(C(=O)NCCCn2nc(C(F)(F)F)cc2C2CC2)cc1OCC. The lowest BCUT2D eigenvalue weighted by Crippen LogP contribution is -2.25. The minimum atomic E-state index is -4.45. The van der Waals surface area contributed by atoms with Gasteiger partial charge in [-0.25, -0.2) is 0 Å². The molecule has 9 heteroatoms. The van der Waals surface area contributed by atoms with Crippen LogP contribution >= 0.6 is 0 Å². The van der Waals surface area contributed by atoms with Crippen LogP contribution in [0.25, 0.3) is 0 Å². The molecule has 30 heavy (non-hydrogen) atoms. The molecule has 1 heterocycles. The van der Waals surface area contributed by atoms with Gasteiger partial charge >= 0.3 is 6.18 Å². The van der Waals surface area contributed by atoms with Gasteiger partial charge in [0, 0.05) is 30.3 Å². The Kier molecular flexibility index (Phi) is 6.89. The molecular formula is C21H26F3N3O3. The van der Waals surface area contributed by atoms with Gasteiger partial charge in [-0.05, 0) is 57.4 Å². The van der Waals surface area contributed by atoms with Crippen LogP contribution in [0.15, 0.2) is 24.3 Å². The number of benzene rings is 1. The number of rotatable bonds is 10. The Labute approximate surface area is 173 Å². The number of carbonyl (C=O) groups is 1. The average Bonchev–Trinajstić information content (AvgIpc) is 3.45. The zero-order valence-electron chi connectivity index (χ0n) is 17.1. The molecule has 0 aliphatic heterocycles. The fraction of sp³-hybridized carbons (Fsp3) is 0.524. The van der Waals surface area contributed by atoms with E-state index < -0.39 is 11.9 Å². The van der Waals surface area contributed by atoms with Crippen molar-refractivity contribution in [3.05, 3.63) is 41.2 Å². The minimum Gasteiger partial charge on any atom is -0.490 e. The van der Waals surface area contributed by atoms with Crippen LogP contribution in [0.4, 0.5) is 13.2 Å². The lowest BCUT2D eigenvalue weighted by Gasteiger charge is -2.12. The molecule has 3 rings (SSSR count). The number of aryl methyl sites for hydroxylation is 1. The molecule has 2 aromatic rings. The van der Waals surface area contributed by atoms with Gasteiger partial charge in [-0.3, -0.25) is 9.48 Å². The maximum Gasteiger partial charge on any atom is 0.435 e. The first-order valence-electron chi connectivity index (χ1n) is 10.2.